The number of aryl methyl sites for hydroxylation is 2. The highest BCUT2D eigenvalue weighted by Gasteiger charge is 2.21. The molecule has 0 atom stereocenters. The zero-order chi connectivity index (χ0) is 18.8. The fraction of sp³-hybridized carbons (Fsp3) is 0.375. The molecule has 4 rings (SSSR count). The second-order valence-corrected chi connectivity index (χ2v) is 7.80. The Morgan fingerprint density at radius 3 is 2.56 bits per heavy atom. The molecule has 0 aliphatic heterocycles. The summed E-state index contributed by atoms with van der Waals surface area (Å²) in [7, 11) is 0. The van der Waals surface area contributed by atoms with E-state index in [-0.39, 0.29) is 5.91 Å². The molecule has 1 aromatic heterocycles. The number of carbonyl (C=O) groups is 1. The zero-order valence-corrected chi connectivity index (χ0v) is 16.2. The Bertz CT molecular complexity index is 949. The van der Waals surface area contributed by atoms with Gasteiger partial charge >= 0.3 is 0 Å². The van der Waals surface area contributed by atoms with Crippen LogP contribution in [0.15, 0.2) is 46.9 Å². The topological polar surface area (TPSA) is 42.2 Å². The third-order valence-electron chi connectivity index (χ3n) is 5.69. The fourth-order valence-electron chi connectivity index (χ4n) is 4.32. The van der Waals surface area contributed by atoms with Gasteiger partial charge in [0.15, 0.2) is 0 Å². The van der Waals surface area contributed by atoms with E-state index in [1.807, 2.05) is 38.1 Å². The summed E-state index contributed by atoms with van der Waals surface area (Å²) in [6, 6.07) is 14.3. The van der Waals surface area contributed by atoms with Crippen LogP contribution in [-0.2, 0) is 0 Å². The van der Waals surface area contributed by atoms with Gasteiger partial charge < -0.3 is 9.73 Å². The molecule has 1 fully saturated rings. The van der Waals surface area contributed by atoms with E-state index in [0.717, 1.165) is 34.4 Å². The summed E-state index contributed by atoms with van der Waals surface area (Å²) in [4.78, 5) is 12.9. The zero-order valence-electron chi connectivity index (χ0n) is 16.2. The lowest BCUT2D eigenvalue weighted by Crippen LogP contribution is -2.30. The van der Waals surface area contributed by atoms with Crippen molar-refractivity contribution in [1.82, 2.24) is 5.32 Å². The van der Waals surface area contributed by atoms with Crippen LogP contribution in [0.1, 0.15) is 53.8 Å². The Kier molecular flexibility index (Phi) is 5.02. The van der Waals surface area contributed by atoms with Crippen LogP contribution < -0.4 is 5.32 Å². The highest BCUT2D eigenvalue weighted by atomic mass is 16.3. The number of benzene rings is 2. The average molecular weight is 361 g/mol. The van der Waals surface area contributed by atoms with Crippen LogP contribution in [0.2, 0.25) is 0 Å². The molecule has 1 amide bonds. The highest BCUT2D eigenvalue weighted by Crippen LogP contribution is 2.36. The van der Waals surface area contributed by atoms with Crippen LogP contribution >= 0.6 is 0 Å². The molecule has 0 spiro atoms. The minimum Gasteiger partial charge on any atom is -0.460 e. The molecule has 1 heterocycles. The number of hydrogen-bond acceptors (Lipinski definition) is 2. The van der Waals surface area contributed by atoms with Crippen LogP contribution in [0, 0.1) is 19.8 Å². The van der Waals surface area contributed by atoms with E-state index in [1.54, 1.807) is 0 Å². The molecule has 0 radical (unpaired) electrons. The monoisotopic (exact) mass is 361 g/mol. The Morgan fingerprint density at radius 1 is 1.07 bits per heavy atom. The predicted octanol–water partition coefficient (Wildman–Crippen LogP) is 6.03. The Hall–Kier alpha value is -2.55. The quantitative estimate of drug-likeness (QED) is 0.617. The van der Waals surface area contributed by atoms with E-state index in [9.17, 15) is 4.79 Å². The molecule has 27 heavy (non-hydrogen) atoms. The van der Waals surface area contributed by atoms with E-state index in [1.165, 1.54) is 32.1 Å². The summed E-state index contributed by atoms with van der Waals surface area (Å²) in [6.07, 6.45) is 6.35. The van der Waals surface area contributed by atoms with E-state index >= 15 is 0 Å². The molecule has 3 heteroatoms. The van der Waals surface area contributed by atoms with E-state index in [2.05, 4.69) is 23.5 Å². The smallest absolute Gasteiger partial charge is 0.255 e. The summed E-state index contributed by atoms with van der Waals surface area (Å²) in [5.41, 5.74) is 4.61. The third kappa shape index (κ3) is 3.64. The summed E-state index contributed by atoms with van der Waals surface area (Å²) in [5.74, 6) is 1.44. The summed E-state index contributed by atoms with van der Waals surface area (Å²) in [5, 5.41) is 4.17. The minimum atomic E-state index is -0.0253. The third-order valence-corrected chi connectivity index (χ3v) is 5.69. The lowest BCUT2D eigenvalue weighted by molar-refractivity contribution is 0.0944. The van der Waals surface area contributed by atoms with Crippen molar-refractivity contribution in [2.24, 2.45) is 5.92 Å². The van der Waals surface area contributed by atoms with Crippen molar-refractivity contribution in [2.45, 2.75) is 46.0 Å². The van der Waals surface area contributed by atoms with Gasteiger partial charge in [0, 0.05) is 17.5 Å². The number of carbonyl (C=O) groups excluding carboxylic acids is 1. The van der Waals surface area contributed by atoms with Gasteiger partial charge in [-0.2, -0.15) is 0 Å². The van der Waals surface area contributed by atoms with Gasteiger partial charge in [0.2, 0.25) is 0 Å². The molecular formula is C24H27NO2. The predicted molar refractivity (Wildman–Crippen MR) is 110 cm³/mol. The minimum absolute atomic E-state index is 0.0253. The van der Waals surface area contributed by atoms with Crippen molar-refractivity contribution >= 4 is 16.9 Å². The van der Waals surface area contributed by atoms with E-state index in [4.69, 9.17) is 4.42 Å². The van der Waals surface area contributed by atoms with Gasteiger partial charge in [-0.25, -0.2) is 0 Å². The molecular weight excluding hydrogens is 334 g/mol. The Labute approximate surface area is 160 Å². The van der Waals surface area contributed by atoms with Gasteiger partial charge in [0.25, 0.3) is 5.91 Å². The van der Waals surface area contributed by atoms with Gasteiger partial charge in [-0.05, 0) is 55.9 Å². The molecule has 1 aliphatic rings. The first kappa shape index (κ1) is 17.8. The van der Waals surface area contributed by atoms with Crippen LogP contribution in [0.5, 0.6) is 0 Å². The number of nitrogens with one attached hydrogen (secondary N) is 1. The molecule has 1 aliphatic carbocycles. The molecule has 2 aromatic carbocycles. The number of furan rings is 1. The number of rotatable bonds is 4. The van der Waals surface area contributed by atoms with Gasteiger partial charge in [0.05, 0.1) is 5.56 Å². The van der Waals surface area contributed by atoms with Gasteiger partial charge in [-0.1, -0.05) is 49.6 Å². The van der Waals surface area contributed by atoms with Crippen molar-refractivity contribution in [3.05, 3.63) is 59.4 Å². The first-order valence-corrected chi connectivity index (χ1v) is 10.0. The number of fused-ring (bicyclic) bond motifs is 1. The van der Waals surface area contributed by atoms with Crippen LogP contribution in [0.3, 0.4) is 0 Å². The lowest BCUT2D eigenvalue weighted by atomic mass is 9.89. The van der Waals surface area contributed by atoms with Crippen molar-refractivity contribution in [3.8, 4) is 11.1 Å². The molecule has 3 nitrogen and oxygen atoms in total. The van der Waals surface area contributed by atoms with Crippen LogP contribution in [0.25, 0.3) is 22.1 Å². The molecule has 3 aromatic rings. The lowest BCUT2D eigenvalue weighted by Gasteiger charge is -2.21. The second-order valence-electron chi connectivity index (χ2n) is 7.80. The maximum absolute atomic E-state index is 12.9. The van der Waals surface area contributed by atoms with Gasteiger partial charge in [0.1, 0.15) is 11.3 Å². The molecule has 140 valence electrons. The number of hydrogen-bond donors (Lipinski definition) is 1. The Morgan fingerprint density at radius 2 is 1.81 bits per heavy atom. The SMILES string of the molecule is Cc1cc(C(=O)NCC2CCCCC2)c2oc(C)c(-c3ccccc3)c2c1. The molecule has 0 bridgehead atoms. The first-order valence-electron chi connectivity index (χ1n) is 10.0. The van der Waals surface area contributed by atoms with Crippen molar-refractivity contribution in [1.29, 1.82) is 0 Å². The van der Waals surface area contributed by atoms with E-state index < -0.39 is 0 Å². The van der Waals surface area contributed by atoms with Crippen molar-refractivity contribution in [3.63, 3.8) is 0 Å². The fourth-order valence-corrected chi connectivity index (χ4v) is 4.32. The normalized spacial score (nSPS) is 15.2. The molecule has 0 unspecified atom stereocenters. The van der Waals surface area contributed by atoms with Gasteiger partial charge in [-0.15, -0.1) is 0 Å². The Balaban J connectivity index is 1.68. The maximum Gasteiger partial charge on any atom is 0.255 e. The summed E-state index contributed by atoms with van der Waals surface area (Å²) in [6.45, 7) is 4.77. The van der Waals surface area contributed by atoms with E-state index in [0.29, 0.717) is 17.1 Å². The average Bonchev–Trinajstić information content (AvgIpc) is 3.02. The molecule has 1 saturated carbocycles. The van der Waals surface area contributed by atoms with Crippen molar-refractivity contribution < 1.29 is 9.21 Å². The van der Waals surface area contributed by atoms with Gasteiger partial charge in [-0.3, -0.25) is 4.79 Å². The molecule has 0 saturated heterocycles. The highest BCUT2D eigenvalue weighted by molar-refractivity contribution is 6.09. The summed E-state index contributed by atoms with van der Waals surface area (Å²) >= 11 is 0. The molecule has 1 N–H and O–H groups in total. The summed E-state index contributed by atoms with van der Waals surface area (Å²) < 4.78 is 6.09. The second kappa shape index (κ2) is 7.59. The largest absolute Gasteiger partial charge is 0.460 e. The van der Waals surface area contributed by atoms with Crippen molar-refractivity contribution in [2.75, 3.05) is 6.54 Å². The standard InChI is InChI=1S/C24H27NO2/c1-16-13-20-22(19-11-7-4-8-12-19)17(2)27-23(20)21(14-16)24(26)25-15-18-9-5-3-6-10-18/h4,7-8,11-14,18H,3,5-6,9-10,15H2,1-2H3,(H,25,26). The number of amides is 1. The first-order chi connectivity index (χ1) is 13.1. The van der Waals surface area contributed by atoms with Crippen LogP contribution in [-0.4, -0.2) is 12.5 Å². The van der Waals surface area contributed by atoms with Crippen LogP contribution in [0.4, 0.5) is 0 Å². The maximum atomic E-state index is 12.9.